The summed E-state index contributed by atoms with van der Waals surface area (Å²) in [5.74, 6) is 0.834. The third-order valence-electron chi connectivity index (χ3n) is 4.44. The topological polar surface area (TPSA) is 32.3 Å². The van der Waals surface area contributed by atoms with Crippen molar-refractivity contribution in [2.45, 2.75) is 39.2 Å². The zero-order valence-corrected chi connectivity index (χ0v) is 13.3. The highest BCUT2D eigenvalue weighted by Gasteiger charge is 2.32. The summed E-state index contributed by atoms with van der Waals surface area (Å²) < 4.78 is 0. The van der Waals surface area contributed by atoms with Gasteiger partial charge in [0.05, 0.1) is 6.04 Å². The number of fused-ring (bicyclic) bond motifs is 1. The summed E-state index contributed by atoms with van der Waals surface area (Å²) in [4.78, 5) is 0. The summed E-state index contributed by atoms with van der Waals surface area (Å²) in [6.45, 7) is 6.40. The molecule has 0 heterocycles. The van der Waals surface area contributed by atoms with Gasteiger partial charge in [-0.1, -0.05) is 30.7 Å². The molecule has 21 heavy (non-hydrogen) atoms. The summed E-state index contributed by atoms with van der Waals surface area (Å²) in [6.07, 6.45) is 0.986. The van der Waals surface area contributed by atoms with Gasteiger partial charge >= 0.3 is 0 Å². The number of phenolic OH excluding ortho intramolecular Hbond substituents is 1. The van der Waals surface area contributed by atoms with Crippen molar-refractivity contribution in [2.24, 2.45) is 0 Å². The quantitative estimate of drug-likeness (QED) is 0.786. The average Bonchev–Trinajstić information content (AvgIpc) is 2.76. The molecule has 0 saturated carbocycles. The van der Waals surface area contributed by atoms with Crippen molar-refractivity contribution in [1.82, 2.24) is 0 Å². The number of nitrogens with one attached hydrogen (secondary N) is 1. The molecule has 0 saturated heterocycles. The molecule has 3 rings (SSSR count). The molecule has 2 atom stereocenters. The van der Waals surface area contributed by atoms with Crippen molar-refractivity contribution < 1.29 is 5.11 Å². The van der Waals surface area contributed by atoms with Crippen LogP contribution in [0.2, 0.25) is 5.02 Å². The molecule has 2 aromatic rings. The van der Waals surface area contributed by atoms with Crippen LogP contribution in [0, 0.1) is 13.8 Å². The van der Waals surface area contributed by atoms with Crippen molar-refractivity contribution in [3.05, 3.63) is 57.6 Å². The fraction of sp³-hybridized carbons (Fsp3) is 0.333. The van der Waals surface area contributed by atoms with E-state index in [-0.39, 0.29) is 6.04 Å². The molecule has 110 valence electrons. The van der Waals surface area contributed by atoms with Crippen LogP contribution in [0.4, 0.5) is 5.69 Å². The second-order valence-corrected chi connectivity index (χ2v) is 6.46. The van der Waals surface area contributed by atoms with E-state index in [0.29, 0.717) is 11.7 Å². The van der Waals surface area contributed by atoms with Crippen LogP contribution in [0.25, 0.3) is 0 Å². The molecular weight excluding hydrogens is 282 g/mol. The predicted molar refractivity (Wildman–Crippen MR) is 88.4 cm³/mol. The lowest BCUT2D eigenvalue weighted by Crippen LogP contribution is -2.08. The molecule has 1 aliphatic carbocycles. The smallest absolute Gasteiger partial charge is 0.121 e. The van der Waals surface area contributed by atoms with E-state index in [9.17, 15) is 5.11 Å². The Balaban J connectivity index is 2.00. The maximum Gasteiger partial charge on any atom is 0.121 e. The van der Waals surface area contributed by atoms with E-state index >= 15 is 0 Å². The lowest BCUT2D eigenvalue weighted by Gasteiger charge is -2.19. The molecule has 0 radical (unpaired) electrons. The molecule has 2 N–H and O–H groups in total. The highest BCUT2D eigenvalue weighted by Crippen LogP contribution is 2.47. The van der Waals surface area contributed by atoms with Gasteiger partial charge in [-0.2, -0.15) is 0 Å². The molecule has 0 fully saturated rings. The lowest BCUT2D eigenvalue weighted by molar-refractivity contribution is 0.465. The molecule has 2 nitrogen and oxygen atoms in total. The molecule has 2 aromatic carbocycles. The second kappa shape index (κ2) is 5.27. The van der Waals surface area contributed by atoms with E-state index in [4.69, 9.17) is 11.6 Å². The molecule has 3 heteroatoms. The van der Waals surface area contributed by atoms with Gasteiger partial charge in [0.1, 0.15) is 5.75 Å². The molecule has 1 aliphatic rings. The molecule has 0 spiro atoms. The molecular formula is C18H20ClNO. The zero-order chi connectivity index (χ0) is 15.1. The first kappa shape index (κ1) is 14.3. The van der Waals surface area contributed by atoms with Crippen molar-refractivity contribution in [1.29, 1.82) is 0 Å². The van der Waals surface area contributed by atoms with Crippen LogP contribution >= 0.6 is 11.6 Å². The minimum atomic E-state index is 0.132. The number of phenols is 1. The standard InChI is InChI=1S/C18H20ClNO/c1-10-4-6-13(19)9-14(10)20-15-8-12(3)17-11(2)5-7-16(21)18(15)17/h4-7,9,12,15,20-21H,8H2,1-3H3. The van der Waals surface area contributed by atoms with E-state index in [1.807, 2.05) is 24.3 Å². The number of halogens is 1. The van der Waals surface area contributed by atoms with E-state index in [1.165, 1.54) is 11.1 Å². The first-order valence-corrected chi connectivity index (χ1v) is 7.70. The third kappa shape index (κ3) is 2.49. The van der Waals surface area contributed by atoms with E-state index in [0.717, 1.165) is 28.3 Å². The third-order valence-corrected chi connectivity index (χ3v) is 4.68. The van der Waals surface area contributed by atoms with Crippen LogP contribution in [0.3, 0.4) is 0 Å². The Morgan fingerprint density at radius 3 is 2.57 bits per heavy atom. The highest BCUT2D eigenvalue weighted by atomic mass is 35.5. The van der Waals surface area contributed by atoms with Gasteiger partial charge in [0.25, 0.3) is 0 Å². The van der Waals surface area contributed by atoms with Crippen LogP contribution in [0.5, 0.6) is 5.75 Å². The largest absolute Gasteiger partial charge is 0.508 e. The SMILES string of the molecule is Cc1ccc(Cl)cc1NC1CC(C)c2c(C)ccc(O)c21. The van der Waals surface area contributed by atoms with Gasteiger partial charge in [0, 0.05) is 16.3 Å². The van der Waals surface area contributed by atoms with Crippen LogP contribution in [0.15, 0.2) is 30.3 Å². The average molecular weight is 302 g/mol. The van der Waals surface area contributed by atoms with Crippen molar-refractivity contribution in [3.63, 3.8) is 0 Å². The van der Waals surface area contributed by atoms with Crippen molar-refractivity contribution >= 4 is 17.3 Å². The van der Waals surface area contributed by atoms with Gasteiger partial charge in [-0.3, -0.25) is 0 Å². The number of rotatable bonds is 2. The maximum atomic E-state index is 10.3. The van der Waals surface area contributed by atoms with Crippen LogP contribution in [-0.2, 0) is 0 Å². The minimum Gasteiger partial charge on any atom is -0.508 e. The molecule has 0 bridgehead atoms. The monoisotopic (exact) mass is 301 g/mol. The summed E-state index contributed by atoms with van der Waals surface area (Å²) in [6, 6.07) is 9.79. The molecule has 0 aromatic heterocycles. The van der Waals surface area contributed by atoms with Crippen molar-refractivity contribution in [2.75, 3.05) is 5.32 Å². The number of benzene rings is 2. The normalized spacial score (nSPS) is 20.4. The van der Waals surface area contributed by atoms with Gasteiger partial charge in [-0.15, -0.1) is 0 Å². The fourth-order valence-electron chi connectivity index (χ4n) is 3.41. The van der Waals surface area contributed by atoms with Crippen LogP contribution < -0.4 is 5.32 Å². The zero-order valence-electron chi connectivity index (χ0n) is 12.6. The summed E-state index contributed by atoms with van der Waals surface area (Å²) >= 11 is 6.10. The summed E-state index contributed by atoms with van der Waals surface area (Å²) in [7, 11) is 0. The van der Waals surface area contributed by atoms with E-state index in [1.54, 1.807) is 6.07 Å². The van der Waals surface area contributed by atoms with Gasteiger partial charge in [-0.25, -0.2) is 0 Å². The predicted octanol–water partition coefficient (Wildman–Crippen LogP) is 5.32. The molecule has 2 unspecified atom stereocenters. The molecule has 0 amide bonds. The number of hydrogen-bond acceptors (Lipinski definition) is 2. The Hall–Kier alpha value is -1.67. The Kier molecular flexibility index (Phi) is 3.58. The first-order valence-electron chi connectivity index (χ1n) is 7.32. The summed E-state index contributed by atoms with van der Waals surface area (Å²) in [5.41, 5.74) is 5.78. The fourth-order valence-corrected chi connectivity index (χ4v) is 3.58. The Bertz CT molecular complexity index is 696. The second-order valence-electron chi connectivity index (χ2n) is 6.02. The van der Waals surface area contributed by atoms with E-state index < -0.39 is 0 Å². The highest BCUT2D eigenvalue weighted by molar-refractivity contribution is 6.30. The van der Waals surface area contributed by atoms with E-state index in [2.05, 4.69) is 26.1 Å². The number of hydrogen-bond donors (Lipinski definition) is 2. The van der Waals surface area contributed by atoms with Crippen molar-refractivity contribution in [3.8, 4) is 5.75 Å². The lowest BCUT2D eigenvalue weighted by atomic mass is 9.97. The van der Waals surface area contributed by atoms with Crippen LogP contribution in [-0.4, -0.2) is 5.11 Å². The van der Waals surface area contributed by atoms with Gasteiger partial charge in [-0.05, 0) is 61.1 Å². The minimum absolute atomic E-state index is 0.132. The van der Waals surface area contributed by atoms with Gasteiger partial charge < -0.3 is 10.4 Å². The Morgan fingerprint density at radius 1 is 1.10 bits per heavy atom. The van der Waals surface area contributed by atoms with Gasteiger partial charge in [0.2, 0.25) is 0 Å². The molecule has 0 aliphatic heterocycles. The number of aromatic hydroxyl groups is 1. The Morgan fingerprint density at radius 2 is 1.81 bits per heavy atom. The van der Waals surface area contributed by atoms with Crippen LogP contribution in [0.1, 0.15) is 47.6 Å². The van der Waals surface area contributed by atoms with Gasteiger partial charge in [0.15, 0.2) is 0 Å². The maximum absolute atomic E-state index is 10.3. The number of aryl methyl sites for hydroxylation is 2. The Labute approximate surface area is 130 Å². The number of anilines is 1. The summed E-state index contributed by atoms with van der Waals surface area (Å²) in [5, 5.41) is 14.6. The first-order chi connectivity index (χ1) is 9.97.